The van der Waals surface area contributed by atoms with E-state index in [0.29, 0.717) is 36.1 Å². The number of nitrogens with zero attached hydrogens (tertiary/aromatic N) is 2. The number of aryl methyl sites for hydroxylation is 2. The summed E-state index contributed by atoms with van der Waals surface area (Å²) in [6.45, 7) is 2.61. The molecule has 3 aromatic heterocycles. The molecule has 8 heteroatoms. The number of nitrogens with one attached hydrogen (secondary N) is 1. The smallest absolute Gasteiger partial charge is 0.220 e. The highest BCUT2D eigenvalue weighted by atomic mass is 35.5. The van der Waals surface area contributed by atoms with Crippen molar-refractivity contribution in [2.45, 2.75) is 26.2 Å². The third kappa shape index (κ3) is 5.16. The second-order valence-corrected chi connectivity index (χ2v) is 9.35. The van der Waals surface area contributed by atoms with Gasteiger partial charge in [-0.1, -0.05) is 23.7 Å². The monoisotopic (exact) mass is 457 g/mol. The molecule has 0 radical (unpaired) electrons. The Morgan fingerprint density at radius 2 is 2.07 bits per heavy atom. The van der Waals surface area contributed by atoms with Gasteiger partial charge in [-0.2, -0.15) is 0 Å². The molecule has 0 aliphatic rings. The molecule has 0 saturated carbocycles. The van der Waals surface area contributed by atoms with Crippen LogP contribution in [-0.4, -0.2) is 22.4 Å². The zero-order valence-electron chi connectivity index (χ0n) is 16.4. The van der Waals surface area contributed by atoms with Crippen molar-refractivity contribution in [2.24, 2.45) is 0 Å². The first-order valence-corrected chi connectivity index (χ1v) is 11.6. The maximum atomic E-state index is 12.2. The first-order valence-electron chi connectivity index (χ1n) is 9.56. The van der Waals surface area contributed by atoms with Gasteiger partial charge in [0.25, 0.3) is 0 Å². The van der Waals surface area contributed by atoms with Crippen molar-refractivity contribution < 1.29 is 9.21 Å². The van der Waals surface area contributed by atoms with E-state index < -0.39 is 0 Å². The summed E-state index contributed by atoms with van der Waals surface area (Å²) < 4.78 is 5.74. The Balaban J connectivity index is 1.22. The Morgan fingerprint density at radius 3 is 2.87 bits per heavy atom. The third-order valence-corrected chi connectivity index (χ3v) is 6.76. The average Bonchev–Trinajstić information content (AvgIpc) is 3.48. The SMILES string of the molecule is Cc1nc(-c2ccc(CCNC(=O)CCc3ncc(-c4ccccc4Cl)o3)s2)cs1. The summed E-state index contributed by atoms with van der Waals surface area (Å²) in [6, 6.07) is 11.6. The molecule has 30 heavy (non-hydrogen) atoms. The van der Waals surface area contributed by atoms with Gasteiger partial charge < -0.3 is 9.73 Å². The van der Waals surface area contributed by atoms with Crippen molar-refractivity contribution in [2.75, 3.05) is 6.54 Å². The molecule has 1 amide bonds. The number of halogens is 1. The van der Waals surface area contributed by atoms with Gasteiger partial charge in [-0.25, -0.2) is 9.97 Å². The predicted molar refractivity (Wildman–Crippen MR) is 122 cm³/mol. The van der Waals surface area contributed by atoms with Gasteiger partial charge in [-0.3, -0.25) is 4.79 Å². The van der Waals surface area contributed by atoms with Gasteiger partial charge in [0.1, 0.15) is 0 Å². The highest BCUT2D eigenvalue weighted by molar-refractivity contribution is 7.16. The van der Waals surface area contributed by atoms with Gasteiger partial charge in [-0.15, -0.1) is 22.7 Å². The molecule has 0 aliphatic heterocycles. The first kappa shape index (κ1) is 20.8. The highest BCUT2D eigenvalue weighted by Gasteiger charge is 2.11. The highest BCUT2D eigenvalue weighted by Crippen LogP contribution is 2.29. The minimum atomic E-state index is -0.0144. The van der Waals surface area contributed by atoms with Crippen molar-refractivity contribution in [3.05, 3.63) is 68.8 Å². The number of hydrogen-bond donors (Lipinski definition) is 1. The number of amides is 1. The van der Waals surface area contributed by atoms with Crippen LogP contribution in [-0.2, 0) is 17.6 Å². The van der Waals surface area contributed by atoms with Crippen LogP contribution in [0, 0.1) is 6.92 Å². The van der Waals surface area contributed by atoms with E-state index in [9.17, 15) is 4.79 Å². The number of thiophene rings is 1. The van der Waals surface area contributed by atoms with E-state index in [0.717, 1.165) is 22.7 Å². The molecule has 154 valence electrons. The van der Waals surface area contributed by atoms with E-state index in [1.54, 1.807) is 34.9 Å². The summed E-state index contributed by atoms with van der Waals surface area (Å²) in [7, 11) is 0. The van der Waals surface area contributed by atoms with Gasteiger partial charge in [0.05, 0.1) is 26.8 Å². The maximum Gasteiger partial charge on any atom is 0.220 e. The molecule has 4 aromatic rings. The molecular formula is C22H20ClN3O2S2. The molecule has 1 N–H and O–H groups in total. The molecule has 0 saturated heterocycles. The van der Waals surface area contributed by atoms with E-state index in [4.69, 9.17) is 16.0 Å². The summed E-state index contributed by atoms with van der Waals surface area (Å²) in [5.74, 6) is 1.13. The van der Waals surface area contributed by atoms with Crippen LogP contribution in [0.5, 0.6) is 0 Å². The lowest BCUT2D eigenvalue weighted by Crippen LogP contribution is -2.25. The fourth-order valence-corrected chi connectivity index (χ4v) is 4.86. The largest absolute Gasteiger partial charge is 0.441 e. The molecule has 0 fully saturated rings. The molecule has 4 rings (SSSR count). The van der Waals surface area contributed by atoms with Gasteiger partial charge >= 0.3 is 0 Å². The van der Waals surface area contributed by atoms with E-state index in [1.807, 2.05) is 25.1 Å². The van der Waals surface area contributed by atoms with Crippen LogP contribution in [0.25, 0.3) is 21.9 Å². The van der Waals surface area contributed by atoms with Crippen molar-refractivity contribution >= 4 is 40.2 Å². The molecule has 0 spiro atoms. The number of rotatable bonds is 8. The van der Waals surface area contributed by atoms with Crippen LogP contribution in [0.15, 0.2) is 52.4 Å². The van der Waals surface area contributed by atoms with Crippen LogP contribution < -0.4 is 5.32 Å². The second-order valence-electron chi connectivity index (χ2n) is 6.72. The third-order valence-electron chi connectivity index (χ3n) is 4.49. The van der Waals surface area contributed by atoms with E-state index in [2.05, 4.69) is 32.8 Å². The number of carbonyl (C=O) groups is 1. The summed E-state index contributed by atoms with van der Waals surface area (Å²) in [5.41, 5.74) is 1.82. The summed E-state index contributed by atoms with van der Waals surface area (Å²) in [4.78, 5) is 23.3. The van der Waals surface area contributed by atoms with Gasteiger partial charge in [0.2, 0.25) is 5.91 Å². The topological polar surface area (TPSA) is 68.0 Å². The Bertz CT molecular complexity index is 1150. The average molecular weight is 458 g/mol. The molecule has 5 nitrogen and oxygen atoms in total. The molecule has 0 unspecified atom stereocenters. The summed E-state index contributed by atoms with van der Waals surface area (Å²) in [6.07, 6.45) is 3.22. The molecule has 0 aliphatic carbocycles. The van der Waals surface area contributed by atoms with E-state index in [-0.39, 0.29) is 5.91 Å². The molecule has 0 atom stereocenters. The van der Waals surface area contributed by atoms with Crippen LogP contribution >= 0.6 is 34.3 Å². The van der Waals surface area contributed by atoms with Crippen LogP contribution in [0.2, 0.25) is 5.02 Å². The first-order chi connectivity index (χ1) is 14.6. The molecular weight excluding hydrogens is 438 g/mol. The van der Waals surface area contributed by atoms with Crippen LogP contribution in [0.4, 0.5) is 0 Å². The van der Waals surface area contributed by atoms with Crippen molar-refractivity contribution in [1.82, 2.24) is 15.3 Å². The minimum absolute atomic E-state index is 0.0144. The quantitative estimate of drug-likeness (QED) is 0.364. The van der Waals surface area contributed by atoms with Gasteiger partial charge in [0.15, 0.2) is 11.7 Å². The Labute approximate surface area is 187 Å². The molecule has 1 aromatic carbocycles. The molecule has 3 heterocycles. The second kappa shape index (κ2) is 9.55. The van der Waals surface area contributed by atoms with Crippen LogP contribution in [0.1, 0.15) is 22.2 Å². The number of benzene rings is 1. The fourth-order valence-electron chi connectivity index (χ4n) is 2.97. The predicted octanol–water partition coefficient (Wildman–Crippen LogP) is 5.78. The number of oxazole rings is 1. The van der Waals surface area contributed by atoms with Crippen molar-refractivity contribution in [3.63, 3.8) is 0 Å². The zero-order chi connectivity index (χ0) is 20.9. The van der Waals surface area contributed by atoms with E-state index in [1.165, 1.54) is 9.75 Å². The van der Waals surface area contributed by atoms with Crippen molar-refractivity contribution in [1.29, 1.82) is 0 Å². The number of hydrogen-bond acceptors (Lipinski definition) is 6. The Kier molecular flexibility index (Phi) is 6.62. The summed E-state index contributed by atoms with van der Waals surface area (Å²) in [5, 5.41) is 6.72. The minimum Gasteiger partial charge on any atom is -0.441 e. The number of thiazole rings is 1. The fraction of sp³-hybridized carbons (Fsp3) is 0.227. The van der Waals surface area contributed by atoms with Gasteiger partial charge in [0, 0.05) is 35.2 Å². The lowest BCUT2D eigenvalue weighted by Gasteiger charge is -2.03. The normalized spacial score (nSPS) is 11.0. The molecule has 0 bridgehead atoms. The van der Waals surface area contributed by atoms with Gasteiger partial charge in [-0.05, 0) is 37.6 Å². The van der Waals surface area contributed by atoms with Crippen LogP contribution in [0.3, 0.4) is 0 Å². The Morgan fingerprint density at radius 1 is 1.20 bits per heavy atom. The lowest BCUT2D eigenvalue weighted by atomic mass is 10.2. The van der Waals surface area contributed by atoms with E-state index >= 15 is 0 Å². The van der Waals surface area contributed by atoms with Crippen molar-refractivity contribution in [3.8, 4) is 21.9 Å². The maximum absolute atomic E-state index is 12.2. The Hall–Kier alpha value is -2.48. The zero-order valence-corrected chi connectivity index (χ0v) is 18.7. The summed E-state index contributed by atoms with van der Waals surface area (Å²) >= 11 is 9.56. The standard InChI is InChI=1S/C22H20ClN3O2S2/c1-14-26-18(13-29-14)20-7-6-15(30-20)10-11-24-21(27)8-9-22-25-12-19(28-22)16-4-2-3-5-17(16)23/h2-7,12-13H,8-11H2,1H3,(H,24,27). The number of aromatic nitrogens is 2. The lowest BCUT2D eigenvalue weighted by molar-refractivity contribution is -0.121. The number of carbonyl (C=O) groups excluding carboxylic acids is 1.